The van der Waals surface area contributed by atoms with Crippen LogP contribution < -0.4 is 25.4 Å². The first-order chi connectivity index (χ1) is 24.9. The summed E-state index contributed by atoms with van der Waals surface area (Å²) >= 11 is 0. The molecule has 0 saturated carbocycles. The SMILES string of the molecule is CCOc1nc(N)nc2c1ncn2[C@@H]1O[C@H](COP(=O)(N[C@@H](N[C@@H](C)C=O)C(=O)OC2CCCCO2)Oc2cccc3ccccc23)[C@@H](O)[C@@]1(C)O. The molecule has 2 aromatic heterocycles. The Morgan fingerprint density at radius 1 is 1.23 bits per heavy atom. The second kappa shape index (κ2) is 15.8. The second-order valence-corrected chi connectivity index (χ2v) is 14.3. The van der Waals surface area contributed by atoms with Crippen molar-refractivity contribution in [3.8, 4) is 11.6 Å². The number of fused-ring (bicyclic) bond motifs is 2. The molecule has 2 aliphatic rings. The molecule has 0 amide bonds. The van der Waals surface area contributed by atoms with Gasteiger partial charge in [0.05, 0.1) is 32.2 Å². The molecular weight excluding hydrogens is 701 g/mol. The number of carbonyl (C=O) groups is 2. The standard InChI is InChI=1S/C33H42N7O11P/c1-4-46-29-25-28(37-32(34)38-29)40(18-35-25)31-33(3,44)26(42)23(49-31)17-48-52(45,51-22-13-9-11-20-10-5-6-12-21(20)22)39-27(36-19(2)16-41)30(43)50-24-14-7-8-15-47-24/h5-6,9-13,16,18-19,23-24,26-27,31,36,42,44H,4,7-8,14-15,17H2,1-3H3,(H,39,45)(H2,34,37,38)/t19-,23+,24?,26+,27+,31+,33+,52?/m0/s1. The molecular formula is C33H42N7O11P. The molecule has 0 bridgehead atoms. The number of nitrogens with zero attached hydrogens (tertiary/aromatic N) is 4. The van der Waals surface area contributed by atoms with Crippen LogP contribution in [-0.2, 0) is 32.9 Å². The molecule has 280 valence electrons. The summed E-state index contributed by atoms with van der Waals surface area (Å²) < 4.78 is 50.8. The molecule has 0 aliphatic carbocycles. The molecule has 6 rings (SSSR count). The molecule has 2 unspecified atom stereocenters. The van der Waals surface area contributed by atoms with E-state index in [0.29, 0.717) is 24.7 Å². The van der Waals surface area contributed by atoms with Crippen LogP contribution in [0.15, 0.2) is 48.8 Å². The number of nitrogen functional groups attached to an aromatic ring is 1. The van der Waals surface area contributed by atoms with Crippen LogP contribution in [0.25, 0.3) is 21.9 Å². The number of nitrogens with one attached hydrogen (secondary N) is 2. The molecule has 2 aromatic carbocycles. The minimum absolute atomic E-state index is 0.117. The smallest absolute Gasteiger partial charge is 0.460 e. The minimum Gasteiger partial charge on any atom is -0.476 e. The van der Waals surface area contributed by atoms with E-state index in [1.54, 1.807) is 31.2 Å². The number of anilines is 1. The van der Waals surface area contributed by atoms with Crippen LogP contribution >= 0.6 is 7.75 Å². The Balaban J connectivity index is 1.29. The number of imidazole rings is 1. The molecule has 0 spiro atoms. The minimum atomic E-state index is -4.65. The molecule has 4 aromatic rings. The lowest BCUT2D eigenvalue weighted by molar-refractivity contribution is -0.189. The number of rotatable bonds is 15. The molecule has 19 heteroatoms. The van der Waals surface area contributed by atoms with Crippen molar-refractivity contribution in [2.75, 3.05) is 25.6 Å². The van der Waals surface area contributed by atoms with Gasteiger partial charge in [0.2, 0.25) is 18.1 Å². The van der Waals surface area contributed by atoms with Crippen molar-refractivity contribution in [3.63, 3.8) is 0 Å². The first kappa shape index (κ1) is 37.5. The van der Waals surface area contributed by atoms with Crippen LogP contribution in [0, 0.1) is 0 Å². The van der Waals surface area contributed by atoms with Crippen molar-refractivity contribution < 1.29 is 52.4 Å². The Morgan fingerprint density at radius 3 is 2.77 bits per heavy atom. The lowest BCUT2D eigenvalue weighted by Crippen LogP contribution is -2.53. The van der Waals surface area contributed by atoms with E-state index in [4.69, 9.17) is 33.7 Å². The Kier molecular flexibility index (Phi) is 11.4. The predicted molar refractivity (Wildman–Crippen MR) is 185 cm³/mol. The molecule has 0 radical (unpaired) electrons. The summed E-state index contributed by atoms with van der Waals surface area (Å²) in [4.78, 5) is 37.7. The van der Waals surface area contributed by atoms with Gasteiger partial charge < -0.3 is 44.2 Å². The lowest BCUT2D eigenvalue weighted by Gasteiger charge is -2.29. The summed E-state index contributed by atoms with van der Waals surface area (Å²) in [6.07, 6.45) is -2.70. The van der Waals surface area contributed by atoms with Crippen LogP contribution in [0.2, 0.25) is 0 Å². The summed E-state index contributed by atoms with van der Waals surface area (Å²) in [5, 5.41) is 29.5. The van der Waals surface area contributed by atoms with Gasteiger partial charge in [-0.05, 0) is 45.1 Å². The Hall–Kier alpha value is -4.26. The number of hydrogen-bond acceptors (Lipinski definition) is 16. The molecule has 4 heterocycles. The van der Waals surface area contributed by atoms with Crippen molar-refractivity contribution in [1.29, 1.82) is 0 Å². The molecule has 2 fully saturated rings. The van der Waals surface area contributed by atoms with E-state index >= 15 is 0 Å². The molecule has 6 N–H and O–H groups in total. The van der Waals surface area contributed by atoms with Crippen molar-refractivity contribution in [3.05, 3.63) is 48.8 Å². The Labute approximate surface area is 298 Å². The Morgan fingerprint density at radius 2 is 2.02 bits per heavy atom. The van der Waals surface area contributed by atoms with Gasteiger partial charge in [0.25, 0.3) is 0 Å². The number of aromatic nitrogens is 4. The number of aliphatic hydroxyl groups is 2. The van der Waals surface area contributed by atoms with Gasteiger partial charge in [-0.1, -0.05) is 36.4 Å². The van der Waals surface area contributed by atoms with Crippen LogP contribution in [0.4, 0.5) is 5.95 Å². The van der Waals surface area contributed by atoms with E-state index in [0.717, 1.165) is 18.2 Å². The highest BCUT2D eigenvalue weighted by Gasteiger charge is 2.54. The van der Waals surface area contributed by atoms with Gasteiger partial charge >= 0.3 is 13.7 Å². The van der Waals surface area contributed by atoms with E-state index in [1.807, 2.05) is 18.2 Å². The fourth-order valence-corrected chi connectivity index (χ4v) is 7.42. The number of esters is 1. The molecule has 8 atom stereocenters. The topological polar surface area (TPSA) is 241 Å². The maximum absolute atomic E-state index is 14.8. The van der Waals surface area contributed by atoms with Crippen molar-refractivity contribution in [2.24, 2.45) is 0 Å². The van der Waals surface area contributed by atoms with E-state index in [1.165, 1.54) is 24.7 Å². The average molecular weight is 744 g/mol. The van der Waals surface area contributed by atoms with Gasteiger partial charge in [0, 0.05) is 11.8 Å². The largest absolute Gasteiger partial charge is 0.476 e. The fraction of sp³-hybridized carbons (Fsp3) is 0.485. The van der Waals surface area contributed by atoms with Gasteiger partial charge in [-0.2, -0.15) is 15.1 Å². The van der Waals surface area contributed by atoms with Gasteiger partial charge in [-0.15, -0.1) is 0 Å². The van der Waals surface area contributed by atoms with Crippen LogP contribution in [0.1, 0.15) is 46.3 Å². The zero-order valence-corrected chi connectivity index (χ0v) is 29.7. The zero-order valence-electron chi connectivity index (χ0n) is 28.8. The van der Waals surface area contributed by atoms with E-state index in [2.05, 4.69) is 25.4 Å². The molecule has 52 heavy (non-hydrogen) atoms. The van der Waals surface area contributed by atoms with Crippen molar-refractivity contribution >= 4 is 47.9 Å². The van der Waals surface area contributed by atoms with Crippen LogP contribution in [-0.4, -0.2) is 98.1 Å². The normalized spacial score (nSPS) is 25.7. The first-order valence-corrected chi connectivity index (χ1v) is 18.4. The Bertz CT molecular complexity index is 1930. The monoisotopic (exact) mass is 743 g/mol. The third kappa shape index (κ3) is 8.04. The molecule has 2 aliphatic heterocycles. The molecule has 18 nitrogen and oxygen atoms in total. The highest BCUT2D eigenvalue weighted by Crippen LogP contribution is 2.48. The number of nitrogens with two attached hydrogens (primary N) is 1. The number of carbonyl (C=O) groups excluding carboxylic acids is 2. The predicted octanol–water partition coefficient (Wildman–Crippen LogP) is 2.34. The van der Waals surface area contributed by atoms with Crippen LogP contribution in [0.5, 0.6) is 11.6 Å². The third-order valence-electron chi connectivity index (χ3n) is 8.61. The number of ether oxygens (including phenoxy) is 4. The maximum atomic E-state index is 14.8. The molecule has 2 saturated heterocycles. The van der Waals surface area contributed by atoms with Gasteiger partial charge in [0.1, 0.15) is 29.8 Å². The maximum Gasteiger partial charge on any atom is 0.460 e. The summed E-state index contributed by atoms with van der Waals surface area (Å²) in [6.45, 7) is 4.66. The zero-order chi connectivity index (χ0) is 37.0. The third-order valence-corrected chi connectivity index (χ3v) is 10.1. The summed E-state index contributed by atoms with van der Waals surface area (Å²) in [6, 6.07) is 11.4. The van der Waals surface area contributed by atoms with Crippen molar-refractivity contribution in [2.45, 2.75) is 82.6 Å². The highest BCUT2D eigenvalue weighted by molar-refractivity contribution is 7.52. The van der Waals surface area contributed by atoms with Crippen molar-refractivity contribution in [1.82, 2.24) is 29.9 Å². The quantitative estimate of drug-likeness (QED) is 0.0508. The number of aliphatic hydroxyl groups excluding tert-OH is 1. The van der Waals surface area contributed by atoms with Crippen LogP contribution in [0.3, 0.4) is 0 Å². The highest BCUT2D eigenvalue weighted by atomic mass is 31.2. The van der Waals surface area contributed by atoms with E-state index in [9.17, 15) is 24.4 Å². The van der Waals surface area contributed by atoms with Gasteiger partial charge in [0.15, 0.2) is 23.6 Å². The van der Waals surface area contributed by atoms with E-state index < -0.39 is 62.9 Å². The second-order valence-electron chi connectivity index (χ2n) is 12.6. The van der Waals surface area contributed by atoms with E-state index in [-0.39, 0.29) is 35.3 Å². The number of hydrogen-bond donors (Lipinski definition) is 5. The fourth-order valence-electron chi connectivity index (χ4n) is 5.98. The lowest BCUT2D eigenvalue weighted by atomic mass is 9.96. The number of aldehydes is 1. The summed E-state index contributed by atoms with van der Waals surface area (Å²) in [5.41, 5.74) is 4.37. The van der Waals surface area contributed by atoms with Gasteiger partial charge in [-0.25, -0.2) is 14.3 Å². The summed E-state index contributed by atoms with van der Waals surface area (Å²) in [5.74, 6) is -0.773. The number of benzene rings is 2. The average Bonchev–Trinajstić information content (AvgIpc) is 3.64. The van der Waals surface area contributed by atoms with Gasteiger partial charge in [-0.3, -0.25) is 14.4 Å². The first-order valence-electron chi connectivity index (χ1n) is 16.8. The summed E-state index contributed by atoms with van der Waals surface area (Å²) in [7, 11) is -4.65.